The van der Waals surface area contributed by atoms with Crippen LogP contribution >= 0.6 is 0 Å². The Morgan fingerprint density at radius 3 is 2.29 bits per heavy atom. The van der Waals surface area contributed by atoms with Crippen LogP contribution < -0.4 is 5.32 Å². The maximum absolute atomic E-state index is 11.5. The van der Waals surface area contributed by atoms with Crippen LogP contribution in [0.3, 0.4) is 0 Å². The second-order valence-corrected chi connectivity index (χ2v) is 5.41. The molecular weight excluding hydrogens is 206 g/mol. The number of carbonyl (C=O) groups is 2. The van der Waals surface area contributed by atoms with Crippen molar-refractivity contribution in [3.05, 3.63) is 0 Å². The molecule has 1 amide bonds. The van der Waals surface area contributed by atoms with Gasteiger partial charge in [-0.25, -0.2) is 0 Å². The minimum absolute atomic E-state index is 0.0684. The van der Waals surface area contributed by atoms with Gasteiger partial charge >= 0.3 is 5.97 Å². The fourth-order valence-electron chi connectivity index (χ4n) is 0.663. The van der Waals surface area contributed by atoms with Crippen LogP contribution in [0.25, 0.3) is 0 Å². The van der Waals surface area contributed by atoms with Crippen LogP contribution in [0, 0.1) is 0 Å². The highest BCUT2D eigenvalue weighted by atomic mass is 32.2. The van der Waals surface area contributed by atoms with Crippen LogP contribution in [0.4, 0.5) is 0 Å². The number of aliphatic carboxylic acids is 1. The number of carboxylic acids is 1. The molecule has 0 heterocycles. The highest BCUT2D eigenvalue weighted by molar-refractivity contribution is 7.87. The number of hydrogen-bond donors (Lipinski definition) is 2. The van der Waals surface area contributed by atoms with Crippen LogP contribution in [-0.2, 0) is 20.4 Å². The number of hydrogen-bond acceptors (Lipinski definition) is 3. The van der Waals surface area contributed by atoms with E-state index in [0.717, 1.165) is 0 Å². The summed E-state index contributed by atoms with van der Waals surface area (Å²) in [7, 11) is -0.0633. The first-order valence-electron chi connectivity index (χ1n) is 4.14. The van der Waals surface area contributed by atoms with Crippen molar-refractivity contribution in [1.82, 2.24) is 5.32 Å². The van der Waals surface area contributed by atoms with Gasteiger partial charge in [0.05, 0.1) is 0 Å². The summed E-state index contributed by atoms with van der Waals surface area (Å²) in [5.41, 5.74) is 0. The zero-order valence-electron chi connectivity index (χ0n) is 8.49. The molecule has 0 aliphatic heterocycles. The van der Waals surface area contributed by atoms with E-state index in [2.05, 4.69) is 5.32 Å². The fourth-order valence-corrected chi connectivity index (χ4v) is 1.74. The van der Waals surface area contributed by atoms with Gasteiger partial charge < -0.3 is 10.4 Å². The van der Waals surface area contributed by atoms with Gasteiger partial charge in [0.25, 0.3) is 0 Å². The predicted octanol–water partition coefficient (Wildman–Crippen LogP) is -0.266. The first-order chi connectivity index (χ1) is 6.32. The Morgan fingerprint density at radius 1 is 1.43 bits per heavy atom. The topological polar surface area (TPSA) is 83.5 Å². The lowest BCUT2D eigenvalue weighted by atomic mass is 10.2. The number of carbonyl (C=O) groups excluding carboxylic acids is 1. The van der Waals surface area contributed by atoms with E-state index in [9.17, 15) is 13.8 Å². The molecule has 0 aliphatic rings. The van der Waals surface area contributed by atoms with Gasteiger partial charge in [0.15, 0.2) is 0 Å². The van der Waals surface area contributed by atoms with Crippen molar-refractivity contribution in [3.63, 3.8) is 0 Å². The first-order valence-corrected chi connectivity index (χ1v) is 5.46. The maximum Gasteiger partial charge on any atom is 0.321 e. The van der Waals surface area contributed by atoms with Crippen molar-refractivity contribution in [1.29, 1.82) is 0 Å². The molecule has 0 bridgehead atoms. The van der Waals surface area contributed by atoms with Crippen LogP contribution in [0.5, 0.6) is 0 Å². The van der Waals surface area contributed by atoms with Crippen LogP contribution in [-0.4, -0.2) is 38.7 Å². The third-order valence-electron chi connectivity index (χ3n) is 1.88. The van der Waals surface area contributed by atoms with Gasteiger partial charge in [-0.1, -0.05) is 0 Å². The molecule has 5 nitrogen and oxygen atoms in total. The van der Waals surface area contributed by atoms with E-state index in [0.29, 0.717) is 0 Å². The molecule has 2 N–H and O–H groups in total. The van der Waals surface area contributed by atoms with E-state index >= 15 is 0 Å². The van der Waals surface area contributed by atoms with E-state index in [1.54, 1.807) is 0 Å². The summed E-state index contributed by atoms with van der Waals surface area (Å²) >= 11 is 0. The van der Waals surface area contributed by atoms with E-state index < -0.39 is 21.5 Å². The summed E-state index contributed by atoms with van der Waals surface area (Å²) in [6, 6.07) is 0. The monoisotopic (exact) mass is 221 g/mol. The van der Waals surface area contributed by atoms with E-state index in [1.165, 1.54) is 20.9 Å². The summed E-state index contributed by atoms with van der Waals surface area (Å²) in [5, 5.41) is 11.1. The van der Waals surface area contributed by atoms with Gasteiger partial charge in [-0.2, -0.15) is 0 Å². The normalized spacial score (nSPS) is 13.4. The molecule has 0 saturated heterocycles. The molecule has 6 heteroatoms. The highest BCUT2D eigenvalue weighted by Crippen LogP contribution is 2.13. The summed E-state index contributed by atoms with van der Waals surface area (Å²) in [5.74, 6) is -1.29. The molecule has 0 radical (unpaired) electrons. The van der Waals surface area contributed by atoms with Gasteiger partial charge in [0.1, 0.15) is 4.75 Å². The minimum atomic E-state index is -1.54. The van der Waals surface area contributed by atoms with Gasteiger partial charge in [0, 0.05) is 30.0 Å². The summed E-state index contributed by atoms with van der Waals surface area (Å²) in [6.07, 6.45) is 0.0832. The molecule has 0 aromatic carbocycles. The lowest BCUT2D eigenvalue weighted by Crippen LogP contribution is -2.38. The maximum atomic E-state index is 11.5. The quantitative estimate of drug-likeness (QED) is 0.669. The molecule has 0 spiro atoms. The number of carboxylic acid groups (broad SMARTS) is 1. The fraction of sp³-hybridized carbons (Fsp3) is 0.750. The lowest BCUT2D eigenvalue weighted by Gasteiger charge is -2.17. The smallest absolute Gasteiger partial charge is 0.321 e. The van der Waals surface area contributed by atoms with Crippen LogP contribution in [0.2, 0.25) is 0 Å². The van der Waals surface area contributed by atoms with E-state index in [-0.39, 0.29) is 18.1 Å². The zero-order valence-corrected chi connectivity index (χ0v) is 9.31. The minimum Gasteiger partial charge on any atom is -0.480 e. The van der Waals surface area contributed by atoms with E-state index in [1.807, 2.05) is 0 Å². The summed E-state index contributed by atoms with van der Waals surface area (Å²) in [4.78, 5) is 21.5. The van der Waals surface area contributed by atoms with E-state index in [4.69, 9.17) is 5.11 Å². The van der Waals surface area contributed by atoms with Crippen molar-refractivity contribution in [2.75, 3.05) is 12.8 Å². The average Bonchev–Trinajstić information content (AvgIpc) is 2.12. The Labute approximate surface area is 85.3 Å². The Morgan fingerprint density at radius 2 is 1.93 bits per heavy atom. The third-order valence-corrected chi connectivity index (χ3v) is 3.77. The van der Waals surface area contributed by atoms with Crippen molar-refractivity contribution in [2.45, 2.75) is 25.0 Å². The predicted molar refractivity (Wildman–Crippen MR) is 53.4 cm³/mol. The number of rotatable bonds is 5. The molecule has 1 atom stereocenters. The molecule has 1 unspecified atom stereocenters. The largest absolute Gasteiger partial charge is 0.480 e. The first kappa shape index (κ1) is 13.1. The molecule has 14 heavy (non-hydrogen) atoms. The Balaban J connectivity index is 4.22. The molecule has 0 aliphatic carbocycles. The average molecular weight is 221 g/mol. The van der Waals surface area contributed by atoms with Gasteiger partial charge in [0.2, 0.25) is 5.91 Å². The molecule has 0 fully saturated rings. The second kappa shape index (κ2) is 5.09. The Kier molecular flexibility index (Phi) is 4.76. The number of nitrogens with one attached hydrogen (secondary N) is 1. The van der Waals surface area contributed by atoms with Crippen molar-refractivity contribution in [3.8, 4) is 0 Å². The Hall–Kier alpha value is -0.910. The molecule has 0 aromatic heterocycles. The molecule has 82 valence electrons. The SMILES string of the molecule is CNC(=O)CCS(=O)C(C)(C)C(=O)O. The molecule has 0 saturated carbocycles. The second-order valence-electron chi connectivity index (χ2n) is 3.29. The third kappa shape index (κ3) is 3.45. The lowest BCUT2D eigenvalue weighted by molar-refractivity contribution is -0.139. The van der Waals surface area contributed by atoms with Crippen LogP contribution in [0.15, 0.2) is 0 Å². The van der Waals surface area contributed by atoms with Crippen molar-refractivity contribution < 1.29 is 18.9 Å². The summed E-state index contributed by atoms with van der Waals surface area (Å²) in [6.45, 7) is 2.77. The highest BCUT2D eigenvalue weighted by Gasteiger charge is 2.34. The van der Waals surface area contributed by atoms with Crippen molar-refractivity contribution in [2.24, 2.45) is 0 Å². The van der Waals surface area contributed by atoms with Gasteiger partial charge in [-0.15, -0.1) is 0 Å². The Bertz CT molecular complexity index is 262. The molecular formula is C8H15NO4S. The van der Waals surface area contributed by atoms with Crippen molar-refractivity contribution >= 4 is 22.7 Å². The van der Waals surface area contributed by atoms with Gasteiger partial charge in [-0.05, 0) is 13.8 Å². The van der Waals surface area contributed by atoms with Gasteiger partial charge in [-0.3, -0.25) is 13.8 Å². The standard InChI is InChI=1S/C8H15NO4S/c1-8(2,7(11)12)14(13)5-4-6(10)9-3/h4-5H2,1-3H3,(H,9,10)(H,11,12). The zero-order chi connectivity index (χ0) is 11.4. The molecule has 0 rings (SSSR count). The van der Waals surface area contributed by atoms with Crippen LogP contribution in [0.1, 0.15) is 20.3 Å². The number of amides is 1. The summed E-state index contributed by atoms with van der Waals surface area (Å²) < 4.78 is 10.2. The molecule has 0 aromatic rings.